The van der Waals surface area contributed by atoms with Gasteiger partial charge in [0.1, 0.15) is 29.2 Å². The van der Waals surface area contributed by atoms with Crippen molar-refractivity contribution < 1.29 is 18.0 Å². The van der Waals surface area contributed by atoms with Crippen molar-refractivity contribution in [2.75, 3.05) is 0 Å². The number of pyridine rings is 2. The maximum Gasteiger partial charge on any atom is 0.333 e. The van der Waals surface area contributed by atoms with E-state index in [9.17, 15) is 13.2 Å². The minimum absolute atomic E-state index is 0.0204. The lowest BCUT2D eigenvalue weighted by molar-refractivity contribution is -0.106. The van der Waals surface area contributed by atoms with Crippen LogP contribution in [0.3, 0.4) is 0 Å². The number of aliphatic imine (C=N–C) groups is 2. The lowest BCUT2D eigenvalue weighted by Crippen LogP contribution is -2.20. The zero-order valence-corrected chi connectivity index (χ0v) is 21.9. The number of nitrogens with two attached hydrogens (primary N) is 2. The Morgan fingerprint density at radius 2 is 1.95 bits per heavy atom. The maximum absolute atomic E-state index is 14.9. The minimum Gasteiger partial charge on any atom is -0.382 e. The summed E-state index contributed by atoms with van der Waals surface area (Å²) in [5.41, 5.74) is 13.0. The predicted molar refractivity (Wildman–Crippen MR) is 148 cm³/mol. The fourth-order valence-corrected chi connectivity index (χ4v) is 5.03. The molecule has 3 aromatic heterocycles. The summed E-state index contributed by atoms with van der Waals surface area (Å²) in [6.07, 6.45) is 7.69. The molecular weight excluding hydrogens is 545 g/mol. The van der Waals surface area contributed by atoms with Crippen LogP contribution in [-0.4, -0.2) is 44.7 Å². The van der Waals surface area contributed by atoms with Crippen molar-refractivity contribution in [3.05, 3.63) is 77.1 Å². The molecule has 4 N–H and O–H groups in total. The summed E-state index contributed by atoms with van der Waals surface area (Å²) in [5.74, 6) is 0.185. The second-order valence-electron chi connectivity index (χ2n) is 8.95. The van der Waals surface area contributed by atoms with Crippen LogP contribution in [0.2, 0.25) is 5.02 Å². The molecule has 1 amide bonds. The standard InChI is InChI=1S/C26H23ClF3N7.CH3NO/c27-16-8-9-32-20(11-16)15-4-3-5-17(10-15)37-23-12-21(24(31)34-14-35-26(29)30)33-13-22(23)36-25(37)18-6-1-2-7-19(18)28;2-1-3/h1-2,6-9,11-15,17,26H,3-5,10H2,(H2,31,34,35);1H,(H2,2,3). The quantitative estimate of drug-likeness (QED) is 0.141. The summed E-state index contributed by atoms with van der Waals surface area (Å²) >= 11 is 6.22. The summed E-state index contributed by atoms with van der Waals surface area (Å²) in [6.45, 7) is -2.88. The number of amides is 1. The zero-order chi connectivity index (χ0) is 28.6. The molecule has 0 bridgehead atoms. The van der Waals surface area contributed by atoms with E-state index in [1.165, 1.54) is 12.3 Å². The number of nitrogens with zero attached hydrogens (tertiary/aromatic N) is 6. The smallest absolute Gasteiger partial charge is 0.333 e. The highest BCUT2D eigenvalue weighted by Gasteiger charge is 2.29. The molecule has 0 saturated heterocycles. The largest absolute Gasteiger partial charge is 0.382 e. The molecule has 9 nitrogen and oxygen atoms in total. The van der Waals surface area contributed by atoms with Crippen molar-refractivity contribution in [3.8, 4) is 11.4 Å². The molecule has 1 aliphatic rings. The Morgan fingerprint density at radius 1 is 1.18 bits per heavy atom. The molecular formula is C27H26ClF3N8O. The zero-order valence-electron chi connectivity index (χ0n) is 21.2. The van der Waals surface area contributed by atoms with Crippen LogP contribution < -0.4 is 11.5 Å². The first-order chi connectivity index (χ1) is 19.3. The molecule has 40 heavy (non-hydrogen) atoms. The number of benzene rings is 1. The van der Waals surface area contributed by atoms with Gasteiger partial charge in [0.25, 0.3) is 0 Å². The van der Waals surface area contributed by atoms with Crippen LogP contribution in [0.15, 0.2) is 64.8 Å². The number of aromatic nitrogens is 4. The molecule has 3 heterocycles. The van der Waals surface area contributed by atoms with Gasteiger partial charge in [0, 0.05) is 28.9 Å². The van der Waals surface area contributed by atoms with Gasteiger partial charge in [-0.05, 0) is 49.6 Å². The van der Waals surface area contributed by atoms with E-state index < -0.39 is 6.55 Å². The summed E-state index contributed by atoms with van der Waals surface area (Å²) in [7, 11) is 0. The molecule has 0 radical (unpaired) electrons. The molecule has 2 unspecified atom stereocenters. The highest BCUT2D eigenvalue weighted by molar-refractivity contribution is 6.30. The van der Waals surface area contributed by atoms with Gasteiger partial charge in [-0.3, -0.25) is 14.8 Å². The molecule has 1 saturated carbocycles. The van der Waals surface area contributed by atoms with Crippen LogP contribution in [0, 0.1) is 5.82 Å². The first-order valence-electron chi connectivity index (χ1n) is 12.4. The Morgan fingerprint density at radius 3 is 2.67 bits per heavy atom. The van der Waals surface area contributed by atoms with Crippen LogP contribution in [0.5, 0.6) is 0 Å². The van der Waals surface area contributed by atoms with Gasteiger partial charge in [-0.2, -0.15) is 8.78 Å². The second-order valence-corrected chi connectivity index (χ2v) is 9.39. The first kappa shape index (κ1) is 28.7. The molecule has 0 aliphatic heterocycles. The number of carbonyl (C=O) groups is 1. The predicted octanol–water partition coefficient (Wildman–Crippen LogP) is 5.24. The number of hydrogen-bond acceptors (Lipinski definition) is 5. The van der Waals surface area contributed by atoms with Crippen LogP contribution in [0.25, 0.3) is 22.4 Å². The molecule has 5 rings (SSSR count). The van der Waals surface area contributed by atoms with Crippen LogP contribution >= 0.6 is 11.6 Å². The van der Waals surface area contributed by atoms with Crippen LogP contribution in [0.4, 0.5) is 13.2 Å². The van der Waals surface area contributed by atoms with Gasteiger partial charge in [-0.15, -0.1) is 0 Å². The fourth-order valence-electron chi connectivity index (χ4n) is 4.86. The Bertz CT molecular complexity index is 1540. The van der Waals surface area contributed by atoms with Gasteiger partial charge in [-0.1, -0.05) is 30.2 Å². The van der Waals surface area contributed by atoms with Crippen molar-refractivity contribution in [2.45, 2.75) is 44.2 Å². The maximum atomic E-state index is 14.9. The van der Waals surface area contributed by atoms with E-state index in [0.717, 1.165) is 31.4 Å². The Hall–Kier alpha value is -4.32. The van der Waals surface area contributed by atoms with Crippen molar-refractivity contribution >= 4 is 41.2 Å². The number of halogens is 4. The number of hydrogen-bond donors (Lipinski definition) is 2. The van der Waals surface area contributed by atoms with Gasteiger partial charge in [0.15, 0.2) is 5.84 Å². The molecule has 13 heteroatoms. The lowest BCUT2D eigenvalue weighted by Gasteiger charge is -2.31. The summed E-state index contributed by atoms with van der Waals surface area (Å²) in [6, 6.07) is 11.8. The average molecular weight is 571 g/mol. The molecule has 1 aromatic carbocycles. The molecule has 4 aromatic rings. The number of imidazole rings is 1. The number of amidine groups is 1. The molecule has 208 valence electrons. The van der Waals surface area contributed by atoms with E-state index in [2.05, 4.69) is 25.7 Å². The van der Waals surface area contributed by atoms with E-state index >= 15 is 0 Å². The van der Waals surface area contributed by atoms with Gasteiger partial charge in [0.2, 0.25) is 6.41 Å². The van der Waals surface area contributed by atoms with Gasteiger partial charge >= 0.3 is 6.55 Å². The summed E-state index contributed by atoms with van der Waals surface area (Å²) in [4.78, 5) is 28.8. The molecule has 2 atom stereocenters. The van der Waals surface area contributed by atoms with Crippen LogP contribution in [0.1, 0.15) is 49.0 Å². The van der Waals surface area contributed by atoms with Crippen molar-refractivity contribution in [1.82, 2.24) is 19.5 Å². The van der Waals surface area contributed by atoms with Gasteiger partial charge in [-0.25, -0.2) is 19.4 Å². The highest BCUT2D eigenvalue weighted by Crippen LogP contribution is 2.42. The third kappa shape index (κ3) is 6.63. The Labute approximate surface area is 232 Å². The number of carbonyl (C=O) groups excluding carboxylic acids is 1. The number of alkyl halides is 2. The number of fused-ring (bicyclic) bond motifs is 1. The highest BCUT2D eigenvalue weighted by atomic mass is 35.5. The van der Waals surface area contributed by atoms with E-state index in [-0.39, 0.29) is 35.7 Å². The number of primary amides is 1. The monoisotopic (exact) mass is 570 g/mol. The van der Waals surface area contributed by atoms with E-state index in [1.54, 1.807) is 36.5 Å². The third-order valence-electron chi connectivity index (χ3n) is 6.50. The first-order valence-corrected chi connectivity index (χ1v) is 12.7. The van der Waals surface area contributed by atoms with Crippen molar-refractivity contribution in [2.24, 2.45) is 21.5 Å². The summed E-state index contributed by atoms with van der Waals surface area (Å²) in [5, 5.41) is 0.633. The molecule has 1 fully saturated rings. The van der Waals surface area contributed by atoms with Gasteiger partial charge in [0.05, 0.1) is 17.3 Å². The third-order valence-corrected chi connectivity index (χ3v) is 6.74. The topological polar surface area (TPSA) is 137 Å². The van der Waals surface area contributed by atoms with E-state index in [0.29, 0.717) is 33.8 Å². The van der Waals surface area contributed by atoms with Gasteiger partial charge < -0.3 is 16.0 Å². The van der Waals surface area contributed by atoms with Crippen molar-refractivity contribution in [3.63, 3.8) is 0 Å². The summed E-state index contributed by atoms with van der Waals surface area (Å²) < 4.78 is 41.7. The molecule has 0 spiro atoms. The minimum atomic E-state index is -2.88. The Kier molecular flexibility index (Phi) is 9.43. The van der Waals surface area contributed by atoms with E-state index in [1.807, 2.05) is 10.6 Å². The molecule has 1 aliphatic carbocycles. The Balaban J connectivity index is 0.00000118. The SMILES string of the molecule is NC(=N/C=N/C(F)F)c1cc2c(cn1)nc(-c1ccccc1F)n2C1CCCC(c2cc(Cl)ccn2)C1.NC=O. The van der Waals surface area contributed by atoms with Crippen LogP contribution in [-0.2, 0) is 4.79 Å². The number of rotatable bonds is 6. The lowest BCUT2D eigenvalue weighted by atomic mass is 9.83. The van der Waals surface area contributed by atoms with Crippen molar-refractivity contribution in [1.29, 1.82) is 0 Å². The second kappa shape index (κ2) is 13.2. The fraction of sp³-hybridized carbons (Fsp3) is 0.259. The van der Waals surface area contributed by atoms with E-state index in [4.69, 9.17) is 27.1 Å². The normalized spacial score (nSPS) is 17.7. The average Bonchev–Trinajstić information content (AvgIpc) is 3.32.